The van der Waals surface area contributed by atoms with E-state index in [2.05, 4.69) is 25.5 Å². The highest BCUT2D eigenvalue weighted by atomic mass is 15.4. The van der Waals surface area contributed by atoms with Gasteiger partial charge in [0.1, 0.15) is 12.7 Å². The molecule has 0 aliphatic carbocycles. The van der Waals surface area contributed by atoms with Crippen molar-refractivity contribution in [3.63, 3.8) is 0 Å². The lowest BCUT2D eigenvalue weighted by Gasteiger charge is -1.98. The van der Waals surface area contributed by atoms with Crippen LogP contribution in [0.2, 0.25) is 0 Å². The van der Waals surface area contributed by atoms with Gasteiger partial charge in [-0.15, -0.1) is 10.2 Å². The third-order valence-electron chi connectivity index (χ3n) is 2.47. The Morgan fingerprint density at radius 3 is 2.67 bits per heavy atom. The highest BCUT2D eigenvalue weighted by molar-refractivity contribution is 5.88. The smallest absolute Gasteiger partial charge is 0.141 e. The van der Waals surface area contributed by atoms with Crippen molar-refractivity contribution >= 4 is 6.21 Å². The van der Waals surface area contributed by atoms with Gasteiger partial charge in [0, 0.05) is 11.1 Å². The second-order valence-corrected chi connectivity index (χ2v) is 3.65. The molecule has 0 fully saturated rings. The van der Waals surface area contributed by atoms with E-state index in [0.29, 0.717) is 0 Å². The van der Waals surface area contributed by atoms with Crippen LogP contribution < -0.4 is 0 Å². The summed E-state index contributed by atoms with van der Waals surface area (Å²) >= 11 is 0. The lowest BCUT2D eigenvalue weighted by Crippen LogP contribution is -1.88. The predicted octanol–water partition coefficient (Wildman–Crippen LogP) is 1.55. The molecule has 6 heteroatoms. The Morgan fingerprint density at radius 2 is 1.89 bits per heavy atom. The first-order valence-electron chi connectivity index (χ1n) is 5.41. The number of hydrogen-bond acceptors (Lipinski definition) is 4. The summed E-state index contributed by atoms with van der Waals surface area (Å²) in [6.07, 6.45) is 6.50. The maximum absolute atomic E-state index is 4.20. The van der Waals surface area contributed by atoms with E-state index in [9.17, 15) is 0 Å². The van der Waals surface area contributed by atoms with E-state index >= 15 is 0 Å². The van der Waals surface area contributed by atoms with Crippen LogP contribution in [0.15, 0.2) is 54.3 Å². The summed E-state index contributed by atoms with van der Waals surface area (Å²) in [6, 6.07) is 9.98. The van der Waals surface area contributed by atoms with Crippen molar-refractivity contribution in [1.29, 1.82) is 0 Å². The molecule has 18 heavy (non-hydrogen) atoms. The molecule has 0 bridgehead atoms. The first kappa shape index (κ1) is 10.4. The van der Waals surface area contributed by atoms with Crippen molar-refractivity contribution in [3.05, 3.63) is 54.7 Å². The second kappa shape index (κ2) is 4.62. The number of H-pyrrole nitrogens is 1. The Hall–Kier alpha value is -2.76. The molecular formula is C12H10N6. The van der Waals surface area contributed by atoms with Crippen molar-refractivity contribution in [2.24, 2.45) is 5.10 Å². The molecule has 0 amide bonds. The Labute approximate surface area is 103 Å². The lowest BCUT2D eigenvalue weighted by molar-refractivity contribution is 0.878. The van der Waals surface area contributed by atoms with Crippen LogP contribution in [-0.4, -0.2) is 31.3 Å². The zero-order valence-corrected chi connectivity index (χ0v) is 9.43. The summed E-state index contributed by atoms with van der Waals surface area (Å²) in [4.78, 5) is 0. The highest BCUT2D eigenvalue weighted by Gasteiger charge is 2.04. The molecule has 3 rings (SSSR count). The molecule has 0 radical (unpaired) electrons. The van der Waals surface area contributed by atoms with Gasteiger partial charge < -0.3 is 0 Å². The van der Waals surface area contributed by atoms with Crippen LogP contribution in [0.5, 0.6) is 0 Å². The van der Waals surface area contributed by atoms with Crippen LogP contribution >= 0.6 is 0 Å². The van der Waals surface area contributed by atoms with Crippen LogP contribution in [0.1, 0.15) is 5.56 Å². The maximum atomic E-state index is 4.20. The zero-order valence-electron chi connectivity index (χ0n) is 9.43. The normalized spacial score (nSPS) is 11.1. The average Bonchev–Trinajstić information content (AvgIpc) is 3.09. The third kappa shape index (κ3) is 2.03. The van der Waals surface area contributed by atoms with Gasteiger partial charge in [-0.05, 0) is 0 Å². The average molecular weight is 238 g/mol. The van der Waals surface area contributed by atoms with Gasteiger partial charge in [-0.2, -0.15) is 10.2 Å². The molecule has 0 spiro atoms. The summed E-state index contributed by atoms with van der Waals surface area (Å²) in [6.45, 7) is 0. The van der Waals surface area contributed by atoms with Crippen molar-refractivity contribution in [1.82, 2.24) is 25.1 Å². The van der Waals surface area contributed by atoms with Crippen molar-refractivity contribution in [2.45, 2.75) is 0 Å². The fourth-order valence-corrected chi connectivity index (χ4v) is 1.61. The monoisotopic (exact) mass is 238 g/mol. The van der Waals surface area contributed by atoms with Crippen LogP contribution in [0, 0.1) is 0 Å². The fourth-order valence-electron chi connectivity index (χ4n) is 1.61. The Balaban J connectivity index is 1.93. The SMILES string of the molecule is C(=N/n1cnnc1)/c1cn[nH]c1-c1ccccc1. The van der Waals surface area contributed by atoms with E-state index in [4.69, 9.17) is 0 Å². The summed E-state index contributed by atoms with van der Waals surface area (Å²) in [5.41, 5.74) is 2.92. The number of aromatic nitrogens is 5. The van der Waals surface area contributed by atoms with E-state index in [1.54, 1.807) is 12.4 Å². The Bertz CT molecular complexity index is 638. The molecule has 0 aliphatic heterocycles. The summed E-state index contributed by atoms with van der Waals surface area (Å²) in [5.74, 6) is 0. The quantitative estimate of drug-likeness (QED) is 0.704. The van der Waals surface area contributed by atoms with Gasteiger partial charge in [0.2, 0.25) is 0 Å². The van der Waals surface area contributed by atoms with Crippen LogP contribution in [0.4, 0.5) is 0 Å². The van der Waals surface area contributed by atoms with Gasteiger partial charge in [-0.25, -0.2) is 4.68 Å². The predicted molar refractivity (Wildman–Crippen MR) is 67.0 cm³/mol. The molecule has 0 atom stereocenters. The van der Waals surface area contributed by atoms with Gasteiger partial charge in [-0.1, -0.05) is 30.3 Å². The van der Waals surface area contributed by atoms with E-state index in [1.165, 1.54) is 17.3 Å². The zero-order chi connectivity index (χ0) is 12.2. The van der Waals surface area contributed by atoms with Crippen LogP contribution in [-0.2, 0) is 0 Å². The molecule has 0 aliphatic rings. The minimum Gasteiger partial charge on any atom is -0.277 e. The largest absolute Gasteiger partial charge is 0.277 e. The minimum atomic E-state index is 0.912. The molecule has 2 aromatic heterocycles. The number of nitrogens with one attached hydrogen (secondary N) is 1. The Kier molecular flexibility index (Phi) is 2.67. The highest BCUT2D eigenvalue weighted by Crippen LogP contribution is 2.18. The second-order valence-electron chi connectivity index (χ2n) is 3.65. The number of benzene rings is 1. The van der Waals surface area contributed by atoms with E-state index in [-0.39, 0.29) is 0 Å². The topological polar surface area (TPSA) is 71.8 Å². The first-order valence-corrected chi connectivity index (χ1v) is 5.41. The summed E-state index contributed by atoms with van der Waals surface area (Å²) in [7, 11) is 0. The molecule has 0 saturated heterocycles. The number of rotatable bonds is 3. The van der Waals surface area contributed by atoms with Gasteiger partial charge in [-0.3, -0.25) is 5.10 Å². The van der Waals surface area contributed by atoms with Gasteiger partial charge >= 0.3 is 0 Å². The van der Waals surface area contributed by atoms with E-state index in [1.807, 2.05) is 30.3 Å². The van der Waals surface area contributed by atoms with Gasteiger partial charge in [0.15, 0.2) is 0 Å². The molecule has 3 aromatic rings. The number of nitrogens with zero attached hydrogens (tertiary/aromatic N) is 5. The molecule has 1 aromatic carbocycles. The minimum absolute atomic E-state index is 0.912. The van der Waals surface area contributed by atoms with Gasteiger partial charge in [0.05, 0.1) is 18.1 Å². The van der Waals surface area contributed by atoms with E-state index in [0.717, 1.165) is 16.8 Å². The van der Waals surface area contributed by atoms with Crippen molar-refractivity contribution in [2.75, 3.05) is 0 Å². The van der Waals surface area contributed by atoms with Gasteiger partial charge in [0.25, 0.3) is 0 Å². The number of aromatic amines is 1. The maximum Gasteiger partial charge on any atom is 0.141 e. The molecule has 1 N–H and O–H groups in total. The molecule has 88 valence electrons. The number of hydrogen-bond donors (Lipinski definition) is 1. The first-order chi connectivity index (χ1) is 8.93. The molecule has 0 saturated carbocycles. The molecular weight excluding hydrogens is 228 g/mol. The standard InChI is InChI=1S/C12H10N6/c1-2-4-10(5-3-1)12-11(6-13-17-12)7-16-18-8-14-15-9-18/h1-9H,(H,13,17)/b16-7-. The third-order valence-corrected chi connectivity index (χ3v) is 2.47. The molecule has 6 nitrogen and oxygen atoms in total. The Morgan fingerprint density at radius 1 is 1.11 bits per heavy atom. The lowest BCUT2D eigenvalue weighted by atomic mass is 10.1. The summed E-state index contributed by atoms with van der Waals surface area (Å²) in [5, 5.41) is 18.6. The molecule has 2 heterocycles. The van der Waals surface area contributed by atoms with Crippen LogP contribution in [0.25, 0.3) is 11.3 Å². The molecule has 0 unspecified atom stereocenters. The fraction of sp³-hybridized carbons (Fsp3) is 0. The summed E-state index contributed by atoms with van der Waals surface area (Å²) < 4.78 is 1.53. The van der Waals surface area contributed by atoms with Crippen molar-refractivity contribution in [3.8, 4) is 11.3 Å². The van der Waals surface area contributed by atoms with Crippen molar-refractivity contribution < 1.29 is 0 Å². The van der Waals surface area contributed by atoms with E-state index < -0.39 is 0 Å². The van der Waals surface area contributed by atoms with Crippen LogP contribution in [0.3, 0.4) is 0 Å².